The van der Waals surface area contributed by atoms with E-state index in [1.54, 1.807) is 17.0 Å². The molecular formula is C14H16N4O2. The lowest BCUT2D eigenvalue weighted by Gasteiger charge is -2.16. The van der Waals surface area contributed by atoms with Crippen LogP contribution in [-0.2, 0) is 0 Å². The molecule has 0 aliphatic heterocycles. The first-order chi connectivity index (χ1) is 9.61. The van der Waals surface area contributed by atoms with E-state index in [4.69, 9.17) is 4.74 Å². The van der Waals surface area contributed by atoms with Crippen molar-refractivity contribution in [2.45, 2.75) is 0 Å². The third-order valence-corrected chi connectivity index (χ3v) is 2.64. The number of methoxy groups -OCH3 is 1. The van der Waals surface area contributed by atoms with Gasteiger partial charge in [-0.1, -0.05) is 18.2 Å². The van der Waals surface area contributed by atoms with Crippen molar-refractivity contribution in [2.75, 3.05) is 31.4 Å². The number of rotatable bonds is 4. The molecule has 1 amide bonds. The summed E-state index contributed by atoms with van der Waals surface area (Å²) in [6.45, 7) is 0. The number of ether oxygens (including phenoxy) is 1. The van der Waals surface area contributed by atoms with Crippen LogP contribution >= 0.6 is 0 Å². The molecule has 6 nitrogen and oxygen atoms in total. The van der Waals surface area contributed by atoms with E-state index in [2.05, 4.69) is 15.3 Å². The molecule has 1 aromatic heterocycles. The largest absolute Gasteiger partial charge is 0.467 e. The molecular weight excluding hydrogens is 256 g/mol. The number of nitrogens with zero attached hydrogens (tertiary/aromatic N) is 3. The number of hydrogen-bond acceptors (Lipinski definition) is 5. The van der Waals surface area contributed by atoms with Crippen molar-refractivity contribution >= 4 is 17.4 Å². The monoisotopic (exact) mass is 272 g/mol. The van der Waals surface area contributed by atoms with Crippen molar-refractivity contribution in [1.82, 2.24) is 9.97 Å². The minimum Gasteiger partial charge on any atom is -0.467 e. The Morgan fingerprint density at radius 2 is 1.95 bits per heavy atom. The lowest BCUT2D eigenvalue weighted by atomic mass is 10.2. The van der Waals surface area contributed by atoms with Crippen LogP contribution in [0.4, 0.5) is 11.5 Å². The number of anilines is 2. The summed E-state index contributed by atoms with van der Waals surface area (Å²) in [4.78, 5) is 22.1. The van der Waals surface area contributed by atoms with Crippen LogP contribution in [-0.4, -0.2) is 37.1 Å². The minimum absolute atomic E-state index is 0.206. The molecule has 0 atom stereocenters. The normalized spacial score (nSPS) is 9.95. The Morgan fingerprint density at radius 1 is 1.25 bits per heavy atom. The van der Waals surface area contributed by atoms with Crippen molar-refractivity contribution in [3.05, 3.63) is 42.1 Å². The zero-order chi connectivity index (χ0) is 14.5. The van der Waals surface area contributed by atoms with Gasteiger partial charge in [0.15, 0.2) is 5.82 Å². The number of benzene rings is 1. The van der Waals surface area contributed by atoms with Crippen LogP contribution in [0.1, 0.15) is 10.4 Å². The Labute approximate surface area is 117 Å². The maximum Gasteiger partial charge on any atom is 0.318 e. The second-order valence-corrected chi connectivity index (χ2v) is 4.31. The summed E-state index contributed by atoms with van der Waals surface area (Å²) >= 11 is 0. The third kappa shape index (κ3) is 3.03. The van der Waals surface area contributed by atoms with Gasteiger partial charge in [-0.15, -0.1) is 0 Å². The summed E-state index contributed by atoms with van der Waals surface area (Å²) < 4.78 is 4.99. The van der Waals surface area contributed by atoms with Gasteiger partial charge >= 0.3 is 6.01 Å². The highest BCUT2D eigenvalue weighted by Crippen LogP contribution is 2.23. The minimum atomic E-state index is -0.206. The Hall–Kier alpha value is -2.63. The number of hydrogen-bond donors (Lipinski definition) is 1. The van der Waals surface area contributed by atoms with Crippen LogP contribution in [0.15, 0.2) is 36.5 Å². The number of amides is 1. The van der Waals surface area contributed by atoms with Gasteiger partial charge in [-0.2, -0.15) is 4.98 Å². The van der Waals surface area contributed by atoms with Crippen molar-refractivity contribution in [2.24, 2.45) is 0 Å². The maximum atomic E-state index is 12.1. The molecule has 20 heavy (non-hydrogen) atoms. The molecule has 1 heterocycles. The molecule has 0 fully saturated rings. The molecule has 0 aliphatic rings. The quantitative estimate of drug-likeness (QED) is 0.919. The number of carbonyl (C=O) groups excluding carboxylic acids is 1. The van der Waals surface area contributed by atoms with Crippen molar-refractivity contribution < 1.29 is 9.53 Å². The fraction of sp³-hybridized carbons (Fsp3) is 0.214. The van der Waals surface area contributed by atoms with Crippen LogP contribution in [0.3, 0.4) is 0 Å². The van der Waals surface area contributed by atoms with Gasteiger partial charge in [-0.25, -0.2) is 4.98 Å². The molecule has 6 heteroatoms. The fourth-order valence-electron chi connectivity index (χ4n) is 1.67. The summed E-state index contributed by atoms with van der Waals surface area (Å²) in [5, 5.41) is 2.80. The van der Waals surface area contributed by atoms with Crippen LogP contribution in [0, 0.1) is 0 Å². The van der Waals surface area contributed by atoms with Gasteiger partial charge < -0.3 is 15.0 Å². The average Bonchev–Trinajstić information content (AvgIpc) is 2.48. The first-order valence-electron chi connectivity index (χ1n) is 6.06. The lowest BCUT2D eigenvalue weighted by molar-refractivity contribution is 0.102. The van der Waals surface area contributed by atoms with Gasteiger partial charge in [0.2, 0.25) is 0 Å². The van der Waals surface area contributed by atoms with E-state index in [0.29, 0.717) is 17.1 Å². The zero-order valence-electron chi connectivity index (χ0n) is 11.6. The van der Waals surface area contributed by atoms with Gasteiger partial charge in [0.05, 0.1) is 13.3 Å². The van der Waals surface area contributed by atoms with Crippen LogP contribution in [0.2, 0.25) is 0 Å². The summed E-state index contributed by atoms with van der Waals surface area (Å²) in [6, 6.07) is 9.23. The van der Waals surface area contributed by atoms with E-state index in [0.717, 1.165) is 0 Å². The predicted molar refractivity (Wildman–Crippen MR) is 77.3 cm³/mol. The topological polar surface area (TPSA) is 67.3 Å². The molecule has 0 unspecified atom stereocenters. The fourth-order valence-corrected chi connectivity index (χ4v) is 1.67. The molecule has 0 aliphatic carbocycles. The van der Waals surface area contributed by atoms with Crippen molar-refractivity contribution in [1.29, 1.82) is 0 Å². The number of aromatic nitrogens is 2. The summed E-state index contributed by atoms with van der Waals surface area (Å²) in [5.74, 6) is 0.378. The molecule has 2 rings (SSSR count). The van der Waals surface area contributed by atoms with E-state index in [9.17, 15) is 4.79 Å². The summed E-state index contributed by atoms with van der Waals surface area (Å²) in [7, 11) is 5.16. The average molecular weight is 272 g/mol. The van der Waals surface area contributed by atoms with E-state index >= 15 is 0 Å². The van der Waals surface area contributed by atoms with E-state index in [1.807, 2.05) is 32.3 Å². The molecule has 0 saturated carbocycles. The van der Waals surface area contributed by atoms with Crippen LogP contribution < -0.4 is 15.0 Å². The lowest BCUT2D eigenvalue weighted by Crippen LogP contribution is -2.18. The Morgan fingerprint density at radius 3 is 2.55 bits per heavy atom. The van der Waals surface area contributed by atoms with E-state index in [-0.39, 0.29) is 11.9 Å². The van der Waals surface area contributed by atoms with Crippen molar-refractivity contribution in [3.63, 3.8) is 0 Å². The zero-order valence-corrected chi connectivity index (χ0v) is 11.6. The highest BCUT2D eigenvalue weighted by atomic mass is 16.5. The molecule has 0 spiro atoms. The molecule has 0 radical (unpaired) electrons. The summed E-state index contributed by atoms with van der Waals surface area (Å²) in [5.41, 5.74) is 1.11. The van der Waals surface area contributed by atoms with Gasteiger partial charge in [0.1, 0.15) is 5.69 Å². The number of carbonyl (C=O) groups is 1. The standard InChI is InChI=1S/C14H16N4O2/c1-18(2)12-11(9-15-14(17-12)20-3)16-13(19)10-7-5-4-6-8-10/h4-9H,1-3H3,(H,16,19). The van der Waals surface area contributed by atoms with Gasteiger partial charge in [-0.05, 0) is 12.1 Å². The Balaban J connectivity index is 2.27. The molecule has 0 saturated heterocycles. The molecule has 2 aromatic rings. The van der Waals surface area contributed by atoms with Crippen LogP contribution in [0.5, 0.6) is 6.01 Å². The van der Waals surface area contributed by atoms with E-state index < -0.39 is 0 Å². The number of nitrogens with one attached hydrogen (secondary N) is 1. The first-order valence-corrected chi connectivity index (χ1v) is 6.06. The smallest absolute Gasteiger partial charge is 0.318 e. The van der Waals surface area contributed by atoms with E-state index in [1.165, 1.54) is 13.3 Å². The predicted octanol–water partition coefficient (Wildman–Crippen LogP) is 1.80. The second-order valence-electron chi connectivity index (χ2n) is 4.31. The second kappa shape index (κ2) is 6.01. The van der Waals surface area contributed by atoms with Crippen molar-refractivity contribution in [3.8, 4) is 6.01 Å². The first kappa shape index (κ1) is 13.8. The maximum absolute atomic E-state index is 12.1. The SMILES string of the molecule is COc1ncc(NC(=O)c2ccccc2)c(N(C)C)n1. The Bertz CT molecular complexity index is 599. The van der Waals surface area contributed by atoms with Gasteiger partial charge in [0, 0.05) is 19.7 Å². The van der Waals surface area contributed by atoms with Crippen LogP contribution in [0.25, 0.3) is 0 Å². The summed E-state index contributed by atoms with van der Waals surface area (Å²) in [6.07, 6.45) is 1.53. The Kier molecular flexibility index (Phi) is 4.14. The van der Waals surface area contributed by atoms with Gasteiger partial charge in [-0.3, -0.25) is 4.79 Å². The van der Waals surface area contributed by atoms with Gasteiger partial charge in [0.25, 0.3) is 5.91 Å². The highest BCUT2D eigenvalue weighted by Gasteiger charge is 2.13. The molecule has 0 bridgehead atoms. The molecule has 1 aromatic carbocycles. The highest BCUT2D eigenvalue weighted by molar-refractivity contribution is 6.05. The third-order valence-electron chi connectivity index (χ3n) is 2.64. The molecule has 104 valence electrons. The molecule has 1 N–H and O–H groups in total.